The molecule has 0 radical (unpaired) electrons. The molecule has 0 fully saturated rings. The molecule has 0 aliphatic rings. The normalized spacial score (nSPS) is 14.1. The van der Waals surface area contributed by atoms with Crippen molar-refractivity contribution < 1.29 is 29.1 Å². The molecule has 0 spiro atoms. The van der Waals surface area contributed by atoms with Crippen molar-refractivity contribution in [2.75, 3.05) is 13.1 Å². The molecule has 4 atom stereocenters. The summed E-state index contributed by atoms with van der Waals surface area (Å²) in [7, 11) is 0. The van der Waals surface area contributed by atoms with Crippen molar-refractivity contribution in [2.45, 2.75) is 83.0 Å². The SMILES string of the molecule is CC(C)CC(NC(=O)C(CC(N)=O)NC(=O)C(N)CCCN=C(N)N)C(=O)NC(CCCCN)C(=O)O. The molecule has 0 saturated carbocycles. The molecule has 0 aromatic heterocycles. The molecule has 15 nitrogen and oxygen atoms in total. The first-order valence-corrected chi connectivity index (χ1v) is 12.2. The number of carboxylic acid groups (broad SMARTS) is 1. The number of aliphatic imine (C=N–C) groups is 1. The van der Waals surface area contributed by atoms with E-state index in [1.807, 2.05) is 13.8 Å². The van der Waals surface area contributed by atoms with Crippen LogP contribution < -0.4 is 44.6 Å². The van der Waals surface area contributed by atoms with E-state index in [2.05, 4.69) is 20.9 Å². The number of aliphatic carboxylic acids is 1. The fourth-order valence-electron chi connectivity index (χ4n) is 3.34. The number of nitrogens with zero attached hydrogens (tertiary/aromatic N) is 1. The van der Waals surface area contributed by atoms with Gasteiger partial charge in [0.1, 0.15) is 18.1 Å². The molecule has 0 heterocycles. The van der Waals surface area contributed by atoms with E-state index in [4.69, 9.17) is 28.7 Å². The number of hydrogen-bond donors (Lipinski definition) is 9. The molecule has 4 unspecified atom stereocenters. The molecule has 0 rings (SSSR count). The van der Waals surface area contributed by atoms with Crippen LogP contribution in [0.2, 0.25) is 0 Å². The number of rotatable bonds is 19. The van der Waals surface area contributed by atoms with E-state index < -0.39 is 60.2 Å². The average molecular weight is 530 g/mol. The monoisotopic (exact) mass is 529 g/mol. The third kappa shape index (κ3) is 15.3. The Hall–Kier alpha value is -3.46. The number of primary amides is 1. The van der Waals surface area contributed by atoms with Crippen molar-refractivity contribution in [2.24, 2.45) is 39.6 Å². The van der Waals surface area contributed by atoms with Crippen molar-refractivity contribution in [3.63, 3.8) is 0 Å². The second-order valence-electron chi connectivity index (χ2n) is 9.16. The van der Waals surface area contributed by atoms with E-state index in [1.165, 1.54) is 0 Å². The molecule has 0 bridgehead atoms. The minimum absolute atomic E-state index is 0.0561. The minimum Gasteiger partial charge on any atom is -0.480 e. The molecular formula is C22H43N9O6. The van der Waals surface area contributed by atoms with Gasteiger partial charge >= 0.3 is 5.97 Å². The number of nitrogens with two attached hydrogens (primary N) is 5. The Morgan fingerprint density at radius 2 is 1.38 bits per heavy atom. The van der Waals surface area contributed by atoms with Gasteiger partial charge in [-0.3, -0.25) is 24.2 Å². The summed E-state index contributed by atoms with van der Waals surface area (Å²) in [5.74, 6) is -4.48. The van der Waals surface area contributed by atoms with Crippen LogP contribution in [0.3, 0.4) is 0 Å². The van der Waals surface area contributed by atoms with Crippen LogP contribution in [-0.4, -0.2) is 77.9 Å². The fraction of sp³-hybridized carbons (Fsp3) is 0.727. The van der Waals surface area contributed by atoms with Gasteiger partial charge in [0.2, 0.25) is 23.6 Å². The Bertz CT molecular complexity index is 802. The molecular weight excluding hydrogens is 486 g/mol. The van der Waals surface area contributed by atoms with E-state index in [1.54, 1.807) is 0 Å². The number of amides is 4. The number of guanidine groups is 1. The lowest BCUT2D eigenvalue weighted by Crippen LogP contribution is -2.58. The van der Waals surface area contributed by atoms with Gasteiger partial charge in [-0.15, -0.1) is 0 Å². The molecule has 212 valence electrons. The highest BCUT2D eigenvalue weighted by molar-refractivity contribution is 5.96. The lowest BCUT2D eigenvalue weighted by Gasteiger charge is -2.25. The third-order valence-corrected chi connectivity index (χ3v) is 5.24. The standard InChI is InChI=1S/C22H43N9O6/c1-12(2)10-15(19(34)29-14(21(36)37)7-3-4-8-23)31-20(35)16(11-17(25)32)30-18(33)13(24)6-5-9-28-22(26)27/h12-16H,3-11,23-24H2,1-2H3,(H2,25,32)(H,29,34)(H,30,33)(H,31,35)(H,36,37)(H4,26,27,28). The van der Waals surface area contributed by atoms with Gasteiger partial charge in [0.15, 0.2) is 5.96 Å². The van der Waals surface area contributed by atoms with E-state index >= 15 is 0 Å². The maximum absolute atomic E-state index is 13.0. The quantitative estimate of drug-likeness (QED) is 0.0463. The number of hydrogen-bond acceptors (Lipinski definition) is 8. The summed E-state index contributed by atoms with van der Waals surface area (Å²) in [6, 6.07) is -4.69. The van der Waals surface area contributed by atoms with Gasteiger partial charge in [-0.2, -0.15) is 0 Å². The lowest BCUT2D eigenvalue weighted by molar-refractivity contribution is -0.142. The topological polar surface area (TPSA) is 284 Å². The van der Waals surface area contributed by atoms with Gasteiger partial charge in [-0.1, -0.05) is 13.8 Å². The maximum Gasteiger partial charge on any atom is 0.326 e. The molecule has 15 heteroatoms. The zero-order valence-electron chi connectivity index (χ0n) is 21.6. The summed E-state index contributed by atoms with van der Waals surface area (Å²) in [6.45, 7) is 4.27. The summed E-state index contributed by atoms with van der Waals surface area (Å²) in [5, 5.41) is 16.8. The van der Waals surface area contributed by atoms with Crippen molar-refractivity contribution in [1.82, 2.24) is 16.0 Å². The van der Waals surface area contributed by atoms with Gasteiger partial charge < -0.3 is 49.7 Å². The van der Waals surface area contributed by atoms with Gasteiger partial charge in [0.05, 0.1) is 12.5 Å². The molecule has 0 aliphatic heterocycles. The first-order chi connectivity index (χ1) is 17.3. The highest BCUT2D eigenvalue weighted by atomic mass is 16.4. The number of carbonyl (C=O) groups is 5. The van der Waals surface area contributed by atoms with Crippen LogP contribution in [0.25, 0.3) is 0 Å². The number of nitrogens with one attached hydrogen (secondary N) is 3. The van der Waals surface area contributed by atoms with Gasteiger partial charge in [0, 0.05) is 6.54 Å². The predicted molar refractivity (Wildman–Crippen MR) is 137 cm³/mol. The summed E-state index contributed by atoms with van der Waals surface area (Å²) in [4.78, 5) is 65.3. The average Bonchev–Trinajstić information content (AvgIpc) is 2.79. The maximum atomic E-state index is 13.0. The fourth-order valence-corrected chi connectivity index (χ4v) is 3.34. The van der Waals surface area contributed by atoms with E-state index in [0.717, 1.165) is 0 Å². The molecule has 14 N–H and O–H groups in total. The minimum atomic E-state index is -1.39. The van der Waals surface area contributed by atoms with Crippen molar-refractivity contribution in [3.05, 3.63) is 0 Å². The van der Waals surface area contributed by atoms with Crippen molar-refractivity contribution in [3.8, 4) is 0 Å². The van der Waals surface area contributed by atoms with Gasteiger partial charge in [-0.05, 0) is 51.0 Å². The molecule has 4 amide bonds. The number of unbranched alkanes of at least 4 members (excludes halogenated alkanes) is 1. The number of carboxylic acids is 1. The second kappa shape index (κ2) is 17.9. The first kappa shape index (κ1) is 33.5. The van der Waals surface area contributed by atoms with Gasteiger partial charge in [-0.25, -0.2) is 4.79 Å². The molecule has 0 aromatic carbocycles. The molecule has 37 heavy (non-hydrogen) atoms. The van der Waals surface area contributed by atoms with Crippen LogP contribution in [0.15, 0.2) is 4.99 Å². The Labute approximate surface area is 216 Å². The summed E-state index contributed by atoms with van der Waals surface area (Å²) in [6.07, 6.45) is 1.49. The zero-order chi connectivity index (χ0) is 28.5. The lowest BCUT2D eigenvalue weighted by atomic mass is 10.0. The number of carbonyl (C=O) groups excluding carboxylic acids is 4. The van der Waals surface area contributed by atoms with Crippen LogP contribution in [-0.2, 0) is 24.0 Å². The van der Waals surface area contributed by atoms with Gasteiger partial charge in [0.25, 0.3) is 0 Å². The smallest absolute Gasteiger partial charge is 0.326 e. The molecule has 0 saturated heterocycles. The highest BCUT2D eigenvalue weighted by Gasteiger charge is 2.31. The van der Waals surface area contributed by atoms with Crippen molar-refractivity contribution in [1.29, 1.82) is 0 Å². The third-order valence-electron chi connectivity index (χ3n) is 5.24. The van der Waals surface area contributed by atoms with Crippen molar-refractivity contribution >= 4 is 35.6 Å². The van der Waals surface area contributed by atoms with Crippen LogP contribution in [0.5, 0.6) is 0 Å². The van der Waals surface area contributed by atoms with Crippen LogP contribution in [0.1, 0.15) is 58.8 Å². The van der Waals surface area contributed by atoms with E-state index in [-0.39, 0.29) is 37.7 Å². The Balaban J connectivity index is 5.39. The highest BCUT2D eigenvalue weighted by Crippen LogP contribution is 2.09. The van der Waals surface area contributed by atoms with E-state index in [0.29, 0.717) is 25.8 Å². The van der Waals surface area contributed by atoms with Crippen LogP contribution in [0, 0.1) is 5.92 Å². The van der Waals surface area contributed by atoms with Crippen LogP contribution in [0.4, 0.5) is 0 Å². The first-order valence-electron chi connectivity index (χ1n) is 12.2. The predicted octanol–water partition coefficient (Wildman–Crippen LogP) is -3.04. The second-order valence-corrected chi connectivity index (χ2v) is 9.16. The Morgan fingerprint density at radius 1 is 0.811 bits per heavy atom. The van der Waals surface area contributed by atoms with E-state index in [9.17, 15) is 29.1 Å². The largest absolute Gasteiger partial charge is 0.480 e. The Kier molecular flexibility index (Phi) is 16.2. The Morgan fingerprint density at radius 3 is 1.89 bits per heavy atom. The zero-order valence-corrected chi connectivity index (χ0v) is 21.6. The summed E-state index contributed by atoms with van der Waals surface area (Å²) < 4.78 is 0. The molecule has 0 aromatic rings. The molecule has 0 aliphatic carbocycles. The summed E-state index contributed by atoms with van der Waals surface area (Å²) in [5.41, 5.74) is 27.0. The summed E-state index contributed by atoms with van der Waals surface area (Å²) >= 11 is 0. The van der Waals surface area contributed by atoms with Crippen LogP contribution >= 0.6 is 0 Å².